The van der Waals surface area contributed by atoms with E-state index in [2.05, 4.69) is 4.98 Å². The molecule has 1 aliphatic rings. The second-order valence-corrected chi connectivity index (χ2v) is 8.38. The van der Waals surface area contributed by atoms with Crippen LogP contribution in [0.3, 0.4) is 0 Å². The van der Waals surface area contributed by atoms with Crippen LogP contribution in [0.4, 0.5) is 17.6 Å². The molecule has 0 amide bonds. The van der Waals surface area contributed by atoms with Crippen molar-refractivity contribution in [3.8, 4) is 5.69 Å². The molecule has 1 aliphatic heterocycles. The van der Waals surface area contributed by atoms with E-state index >= 15 is 0 Å². The predicted octanol–water partition coefficient (Wildman–Crippen LogP) is 3.73. The van der Waals surface area contributed by atoms with Crippen molar-refractivity contribution in [1.82, 2.24) is 18.7 Å². The van der Waals surface area contributed by atoms with Crippen molar-refractivity contribution in [2.45, 2.75) is 38.2 Å². The van der Waals surface area contributed by atoms with Gasteiger partial charge in [0.2, 0.25) is 0 Å². The van der Waals surface area contributed by atoms with Gasteiger partial charge in [-0.05, 0) is 54.8 Å². The lowest BCUT2D eigenvalue weighted by atomic mass is 10.1. The zero-order valence-electron chi connectivity index (χ0n) is 18.3. The zero-order chi connectivity index (χ0) is 24.7. The molecule has 0 aliphatic carbocycles. The SMILES string of the molecule is O=c1c2c(ncn2Cc2ccc(C(F)(F)F)cc2)n(-c2ccc(F)cc2)c(=O)n1CC1CCCO1. The van der Waals surface area contributed by atoms with Crippen molar-refractivity contribution in [1.29, 1.82) is 0 Å². The number of rotatable bonds is 5. The molecule has 0 radical (unpaired) electrons. The van der Waals surface area contributed by atoms with Gasteiger partial charge < -0.3 is 9.30 Å². The highest BCUT2D eigenvalue weighted by molar-refractivity contribution is 5.72. The Morgan fingerprint density at radius 2 is 1.74 bits per heavy atom. The van der Waals surface area contributed by atoms with Gasteiger partial charge in [-0.2, -0.15) is 13.2 Å². The monoisotopic (exact) mass is 488 g/mol. The third kappa shape index (κ3) is 4.39. The summed E-state index contributed by atoms with van der Waals surface area (Å²) < 4.78 is 61.7. The van der Waals surface area contributed by atoms with Gasteiger partial charge in [0, 0.05) is 13.2 Å². The van der Waals surface area contributed by atoms with E-state index in [-0.39, 0.29) is 30.4 Å². The maximum absolute atomic E-state index is 13.5. The predicted molar refractivity (Wildman–Crippen MR) is 119 cm³/mol. The van der Waals surface area contributed by atoms with Crippen LogP contribution in [-0.2, 0) is 24.0 Å². The lowest BCUT2D eigenvalue weighted by Crippen LogP contribution is -2.42. The van der Waals surface area contributed by atoms with Gasteiger partial charge in [0.05, 0.1) is 30.2 Å². The minimum absolute atomic E-state index is 0.0419. The number of fused-ring (bicyclic) bond motifs is 1. The zero-order valence-corrected chi connectivity index (χ0v) is 18.3. The Morgan fingerprint density at radius 3 is 2.37 bits per heavy atom. The van der Waals surface area contributed by atoms with E-state index in [0.29, 0.717) is 24.3 Å². The van der Waals surface area contributed by atoms with Crippen molar-refractivity contribution in [2.75, 3.05) is 6.61 Å². The molecule has 1 unspecified atom stereocenters. The Bertz CT molecular complexity index is 1480. The maximum Gasteiger partial charge on any atom is 0.416 e. The van der Waals surface area contributed by atoms with Crippen LogP contribution in [0.15, 0.2) is 64.4 Å². The van der Waals surface area contributed by atoms with Crippen LogP contribution in [0.1, 0.15) is 24.0 Å². The van der Waals surface area contributed by atoms with Crippen molar-refractivity contribution in [3.63, 3.8) is 0 Å². The molecule has 7 nitrogen and oxygen atoms in total. The van der Waals surface area contributed by atoms with Crippen molar-refractivity contribution in [2.24, 2.45) is 0 Å². The Balaban J connectivity index is 1.65. The highest BCUT2D eigenvalue weighted by Gasteiger charge is 2.30. The van der Waals surface area contributed by atoms with Gasteiger partial charge >= 0.3 is 11.9 Å². The van der Waals surface area contributed by atoms with Crippen LogP contribution in [0.2, 0.25) is 0 Å². The Hall–Kier alpha value is -3.73. The number of ether oxygens (including phenoxy) is 1. The lowest BCUT2D eigenvalue weighted by molar-refractivity contribution is -0.137. The standard InChI is InChI=1S/C24H20F4N4O3/c25-17-7-9-18(10-8-17)32-21-20(22(33)31(23(32)34)13-19-2-1-11-35-19)30(14-29-21)12-15-3-5-16(6-4-15)24(26,27)28/h3-10,14,19H,1-2,11-13H2. The van der Waals surface area contributed by atoms with E-state index in [1.54, 1.807) is 0 Å². The molecule has 182 valence electrons. The molecule has 0 saturated carbocycles. The minimum atomic E-state index is -4.46. The lowest BCUT2D eigenvalue weighted by Gasteiger charge is -2.15. The number of hydrogen-bond acceptors (Lipinski definition) is 4. The third-order valence-electron chi connectivity index (χ3n) is 6.03. The summed E-state index contributed by atoms with van der Waals surface area (Å²) in [7, 11) is 0. The van der Waals surface area contributed by atoms with Gasteiger partial charge in [0.1, 0.15) is 5.82 Å². The average molecular weight is 488 g/mol. The first-order chi connectivity index (χ1) is 16.7. The highest BCUT2D eigenvalue weighted by Crippen LogP contribution is 2.29. The van der Waals surface area contributed by atoms with Gasteiger partial charge in [-0.1, -0.05) is 12.1 Å². The number of benzene rings is 2. The Morgan fingerprint density at radius 1 is 1.03 bits per heavy atom. The van der Waals surface area contributed by atoms with E-state index in [1.165, 1.54) is 51.9 Å². The maximum atomic E-state index is 13.5. The van der Waals surface area contributed by atoms with Crippen molar-refractivity contribution < 1.29 is 22.3 Å². The van der Waals surface area contributed by atoms with Crippen LogP contribution in [0, 0.1) is 5.82 Å². The Kier molecular flexibility index (Phi) is 5.79. The summed E-state index contributed by atoms with van der Waals surface area (Å²) in [5, 5.41) is 0. The van der Waals surface area contributed by atoms with Crippen LogP contribution in [-0.4, -0.2) is 31.4 Å². The molecule has 4 aromatic rings. The molecule has 11 heteroatoms. The number of alkyl halides is 3. The molecule has 0 spiro atoms. The summed E-state index contributed by atoms with van der Waals surface area (Å²) >= 11 is 0. The van der Waals surface area contributed by atoms with E-state index in [9.17, 15) is 27.2 Å². The molecule has 3 heterocycles. The Labute approximate surface area is 195 Å². The molecular formula is C24H20F4N4O3. The first kappa shape index (κ1) is 23.0. The molecule has 0 N–H and O–H groups in total. The fourth-order valence-corrected chi connectivity index (χ4v) is 4.27. The van der Waals surface area contributed by atoms with Gasteiger partial charge in [0.25, 0.3) is 5.56 Å². The fourth-order valence-electron chi connectivity index (χ4n) is 4.27. The van der Waals surface area contributed by atoms with E-state index in [4.69, 9.17) is 4.74 Å². The van der Waals surface area contributed by atoms with Gasteiger partial charge in [-0.3, -0.25) is 9.36 Å². The minimum Gasteiger partial charge on any atom is -0.376 e. The number of halogens is 4. The molecule has 1 fully saturated rings. The van der Waals surface area contributed by atoms with Crippen LogP contribution >= 0.6 is 0 Å². The van der Waals surface area contributed by atoms with E-state index in [1.807, 2.05) is 0 Å². The van der Waals surface area contributed by atoms with Crippen molar-refractivity contribution >= 4 is 11.2 Å². The summed E-state index contributed by atoms with van der Waals surface area (Å²) in [6.07, 6.45) is -1.88. The quantitative estimate of drug-likeness (QED) is 0.402. The van der Waals surface area contributed by atoms with Crippen LogP contribution in [0.5, 0.6) is 0 Å². The smallest absolute Gasteiger partial charge is 0.376 e. The topological polar surface area (TPSA) is 71.0 Å². The number of imidazole rings is 1. The summed E-state index contributed by atoms with van der Waals surface area (Å²) in [6, 6.07) is 9.81. The van der Waals surface area contributed by atoms with Gasteiger partial charge in [-0.25, -0.2) is 18.7 Å². The highest BCUT2D eigenvalue weighted by atomic mass is 19.4. The largest absolute Gasteiger partial charge is 0.416 e. The van der Waals surface area contributed by atoms with Crippen molar-refractivity contribution in [3.05, 3.63) is 92.6 Å². The van der Waals surface area contributed by atoms with Crippen LogP contribution in [0.25, 0.3) is 16.9 Å². The summed E-state index contributed by atoms with van der Waals surface area (Å²) in [6.45, 7) is 0.644. The molecule has 35 heavy (non-hydrogen) atoms. The molecule has 1 saturated heterocycles. The van der Waals surface area contributed by atoms with E-state index < -0.39 is 28.8 Å². The number of hydrogen-bond donors (Lipinski definition) is 0. The molecule has 1 atom stereocenters. The second kappa shape index (κ2) is 8.81. The van der Waals surface area contributed by atoms with E-state index in [0.717, 1.165) is 23.1 Å². The van der Waals surface area contributed by atoms with Crippen LogP contribution < -0.4 is 11.2 Å². The molecule has 5 rings (SSSR count). The molecule has 0 bridgehead atoms. The van der Waals surface area contributed by atoms with Gasteiger partial charge in [0.15, 0.2) is 11.2 Å². The number of aromatic nitrogens is 4. The molecule has 2 aromatic heterocycles. The summed E-state index contributed by atoms with van der Waals surface area (Å²) in [4.78, 5) is 31.1. The first-order valence-electron chi connectivity index (χ1n) is 11.0. The second-order valence-electron chi connectivity index (χ2n) is 8.38. The first-order valence-corrected chi connectivity index (χ1v) is 11.0. The summed E-state index contributed by atoms with van der Waals surface area (Å²) in [5.74, 6) is -0.487. The normalized spacial score (nSPS) is 16.3. The third-order valence-corrected chi connectivity index (χ3v) is 6.03. The number of nitrogens with zero attached hydrogens (tertiary/aromatic N) is 4. The average Bonchev–Trinajstić information content (AvgIpc) is 3.48. The molecule has 2 aromatic carbocycles. The fraction of sp³-hybridized carbons (Fsp3) is 0.292. The molecular weight excluding hydrogens is 468 g/mol. The van der Waals surface area contributed by atoms with Gasteiger partial charge in [-0.15, -0.1) is 0 Å². The summed E-state index contributed by atoms with van der Waals surface area (Å²) in [5.41, 5.74) is -0.980.